The highest BCUT2D eigenvalue weighted by Crippen LogP contribution is 2.16. The summed E-state index contributed by atoms with van der Waals surface area (Å²) in [6.45, 7) is 4.86. The lowest BCUT2D eigenvalue weighted by Gasteiger charge is -2.26. The predicted octanol–water partition coefficient (Wildman–Crippen LogP) is 1.60. The maximum atomic E-state index is 12.2. The zero-order valence-electron chi connectivity index (χ0n) is 15.6. The third kappa shape index (κ3) is 5.04. The minimum atomic E-state index is -0.316. The molecule has 1 aromatic carbocycles. The van der Waals surface area contributed by atoms with Crippen molar-refractivity contribution in [2.24, 2.45) is 0 Å². The molecular weight excluding hydrogens is 348 g/mol. The average molecular weight is 372 g/mol. The quantitative estimate of drug-likeness (QED) is 0.794. The number of methoxy groups -OCH3 is 1. The number of urea groups is 1. The third-order valence-corrected chi connectivity index (χ3v) is 4.18. The first kappa shape index (κ1) is 18.8. The van der Waals surface area contributed by atoms with Crippen molar-refractivity contribution in [3.8, 4) is 6.01 Å². The van der Waals surface area contributed by atoms with Crippen molar-refractivity contribution in [3.05, 3.63) is 35.7 Å². The molecule has 0 saturated carbocycles. The lowest BCUT2D eigenvalue weighted by molar-refractivity contribution is 0.122. The molecule has 1 aliphatic heterocycles. The SMILES string of the molecule is CCc1ccccc1NC(=O)NCc1nc(OC)nc(N2CCOCC2)n1. The highest BCUT2D eigenvalue weighted by Gasteiger charge is 2.17. The average Bonchev–Trinajstić information content (AvgIpc) is 2.73. The number of carbonyl (C=O) groups excluding carboxylic acids is 1. The van der Waals surface area contributed by atoms with Crippen molar-refractivity contribution in [1.29, 1.82) is 0 Å². The minimum Gasteiger partial charge on any atom is -0.467 e. The molecule has 1 saturated heterocycles. The lowest BCUT2D eigenvalue weighted by atomic mass is 10.1. The van der Waals surface area contributed by atoms with Crippen LogP contribution in [0.5, 0.6) is 6.01 Å². The molecule has 3 rings (SSSR count). The van der Waals surface area contributed by atoms with Crippen LogP contribution in [0.15, 0.2) is 24.3 Å². The zero-order valence-corrected chi connectivity index (χ0v) is 15.6. The van der Waals surface area contributed by atoms with E-state index in [1.54, 1.807) is 0 Å². The van der Waals surface area contributed by atoms with Gasteiger partial charge in [-0.15, -0.1) is 0 Å². The van der Waals surface area contributed by atoms with Gasteiger partial charge in [0.25, 0.3) is 0 Å². The molecule has 0 atom stereocenters. The number of para-hydroxylation sites is 1. The van der Waals surface area contributed by atoms with Gasteiger partial charge in [0.1, 0.15) is 0 Å². The number of aryl methyl sites for hydroxylation is 1. The molecule has 27 heavy (non-hydrogen) atoms. The first-order chi connectivity index (χ1) is 13.2. The molecule has 9 nitrogen and oxygen atoms in total. The first-order valence-electron chi connectivity index (χ1n) is 8.94. The Balaban J connectivity index is 1.65. The number of morpholine rings is 1. The van der Waals surface area contributed by atoms with Crippen molar-refractivity contribution >= 4 is 17.7 Å². The third-order valence-electron chi connectivity index (χ3n) is 4.18. The van der Waals surface area contributed by atoms with Gasteiger partial charge >= 0.3 is 12.0 Å². The standard InChI is InChI=1S/C18H24N6O3/c1-3-13-6-4-5-7-14(13)20-17(25)19-12-15-21-16(23-18(22-15)26-2)24-8-10-27-11-9-24/h4-7H,3,8-12H2,1-2H3,(H2,19,20,25). The van der Waals surface area contributed by atoms with Crippen molar-refractivity contribution < 1.29 is 14.3 Å². The van der Waals surface area contributed by atoms with Crippen LogP contribution in [0.25, 0.3) is 0 Å². The van der Waals surface area contributed by atoms with Crippen LogP contribution in [0.1, 0.15) is 18.3 Å². The second-order valence-electron chi connectivity index (χ2n) is 5.96. The summed E-state index contributed by atoms with van der Waals surface area (Å²) in [5, 5.41) is 5.64. The summed E-state index contributed by atoms with van der Waals surface area (Å²) in [7, 11) is 1.50. The summed E-state index contributed by atoms with van der Waals surface area (Å²) in [4.78, 5) is 27.2. The second kappa shape index (κ2) is 9.13. The molecule has 2 N–H and O–H groups in total. The molecule has 1 aromatic heterocycles. The fraction of sp³-hybridized carbons (Fsp3) is 0.444. The number of hydrogen-bond acceptors (Lipinski definition) is 7. The van der Waals surface area contributed by atoms with Crippen molar-refractivity contribution in [2.75, 3.05) is 43.6 Å². The smallest absolute Gasteiger partial charge is 0.321 e. The van der Waals surface area contributed by atoms with E-state index < -0.39 is 0 Å². The number of hydrogen-bond donors (Lipinski definition) is 2. The number of anilines is 2. The van der Waals surface area contributed by atoms with Crippen LogP contribution < -0.4 is 20.3 Å². The molecule has 0 aliphatic carbocycles. The zero-order chi connectivity index (χ0) is 19.1. The van der Waals surface area contributed by atoms with Crippen LogP contribution in [-0.2, 0) is 17.7 Å². The Kier molecular flexibility index (Phi) is 6.37. The molecule has 0 bridgehead atoms. The second-order valence-corrected chi connectivity index (χ2v) is 5.96. The van der Waals surface area contributed by atoms with Gasteiger partial charge in [-0.05, 0) is 18.1 Å². The summed E-state index contributed by atoms with van der Waals surface area (Å²) in [6.07, 6.45) is 0.837. The molecular formula is C18H24N6O3. The van der Waals surface area contributed by atoms with E-state index in [4.69, 9.17) is 9.47 Å². The summed E-state index contributed by atoms with van der Waals surface area (Å²) in [5.74, 6) is 0.959. The summed E-state index contributed by atoms with van der Waals surface area (Å²) < 4.78 is 10.5. The highest BCUT2D eigenvalue weighted by atomic mass is 16.5. The number of amides is 2. The molecule has 0 radical (unpaired) electrons. The number of carbonyl (C=O) groups is 1. The maximum Gasteiger partial charge on any atom is 0.321 e. The van der Waals surface area contributed by atoms with E-state index in [1.165, 1.54) is 7.11 Å². The Hall–Kier alpha value is -2.94. The van der Waals surface area contributed by atoms with Crippen molar-refractivity contribution in [1.82, 2.24) is 20.3 Å². The van der Waals surface area contributed by atoms with E-state index in [0.29, 0.717) is 38.1 Å². The Morgan fingerprint density at radius 3 is 2.74 bits per heavy atom. The van der Waals surface area contributed by atoms with Crippen LogP contribution in [0.4, 0.5) is 16.4 Å². The number of rotatable bonds is 6. The van der Waals surface area contributed by atoms with Gasteiger partial charge < -0.3 is 25.0 Å². The molecule has 9 heteroatoms. The Bertz CT molecular complexity index is 779. The molecule has 0 spiro atoms. The summed E-state index contributed by atoms with van der Waals surface area (Å²) in [6, 6.07) is 7.61. The van der Waals surface area contributed by atoms with Gasteiger partial charge in [0, 0.05) is 18.8 Å². The van der Waals surface area contributed by atoms with E-state index in [1.807, 2.05) is 36.1 Å². The molecule has 144 valence electrons. The number of aromatic nitrogens is 3. The Morgan fingerprint density at radius 1 is 1.22 bits per heavy atom. The molecule has 1 fully saturated rings. The number of nitrogens with one attached hydrogen (secondary N) is 2. The minimum absolute atomic E-state index is 0.163. The normalized spacial score (nSPS) is 13.9. The monoisotopic (exact) mass is 372 g/mol. The fourth-order valence-electron chi connectivity index (χ4n) is 2.74. The van der Waals surface area contributed by atoms with Crippen LogP contribution >= 0.6 is 0 Å². The van der Waals surface area contributed by atoms with Gasteiger partial charge in [-0.25, -0.2) is 4.79 Å². The van der Waals surface area contributed by atoms with Gasteiger partial charge in [-0.3, -0.25) is 0 Å². The van der Waals surface area contributed by atoms with Gasteiger partial charge in [0.2, 0.25) is 5.95 Å². The van der Waals surface area contributed by atoms with E-state index in [-0.39, 0.29) is 18.6 Å². The molecule has 1 aliphatic rings. The first-order valence-corrected chi connectivity index (χ1v) is 8.94. The van der Waals surface area contributed by atoms with Crippen molar-refractivity contribution in [2.45, 2.75) is 19.9 Å². The summed E-state index contributed by atoms with van der Waals surface area (Å²) in [5.41, 5.74) is 1.86. The van der Waals surface area contributed by atoms with Crippen molar-refractivity contribution in [3.63, 3.8) is 0 Å². The highest BCUT2D eigenvalue weighted by molar-refractivity contribution is 5.90. The molecule has 2 aromatic rings. The van der Waals surface area contributed by atoms with Gasteiger partial charge in [0.15, 0.2) is 5.82 Å². The number of benzene rings is 1. The van der Waals surface area contributed by atoms with E-state index in [9.17, 15) is 4.79 Å². The number of nitrogens with zero attached hydrogens (tertiary/aromatic N) is 4. The van der Waals surface area contributed by atoms with E-state index >= 15 is 0 Å². The summed E-state index contributed by atoms with van der Waals surface area (Å²) >= 11 is 0. The molecule has 2 amide bonds. The van der Waals surface area contributed by atoms with Crippen LogP contribution in [-0.4, -0.2) is 54.4 Å². The van der Waals surface area contributed by atoms with Gasteiger partial charge in [-0.2, -0.15) is 15.0 Å². The van der Waals surface area contributed by atoms with Gasteiger partial charge in [-0.1, -0.05) is 25.1 Å². The molecule has 2 heterocycles. The van der Waals surface area contributed by atoms with Crippen LogP contribution in [0.3, 0.4) is 0 Å². The Labute approximate surface area is 158 Å². The largest absolute Gasteiger partial charge is 0.467 e. The van der Waals surface area contributed by atoms with Gasteiger partial charge in [0.05, 0.1) is 26.9 Å². The topological polar surface area (TPSA) is 102 Å². The van der Waals surface area contributed by atoms with E-state index in [0.717, 1.165) is 17.7 Å². The fourth-order valence-corrected chi connectivity index (χ4v) is 2.74. The van der Waals surface area contributed by atoms with Crippen LogP contribution in [0, 0.1) is 0 Å². The predicted molar refractivity (Wildman–Crippen MR) is 101 cm³/mol. The lowest BCUT2D eigenvalue weighted by Crippen LogP contribution is -2.38. The molecule has 0 unspecified atom stereocenters. The maximum absolute atomic E-state index is 12.2. The van der Waals surface area contributed by atoms with E-state index in [2.05, 4.69) is 25.6 Å². The number of ether oxygens (including phenoxy) is 2. The Morgan fingerprint density at radius 2 is 2.00 bits per heavy atom. The van der Waals surface area contributed by atoms with Crippen LogP contribution in [0.2, 0.25) is 0 Å².